The molecule has 1 aliphatic heterocycles. The van der Waals surface area contributed by atoms with Gasteiger partial charge in [0.2, 0.25) is 10.0 Å². The zero-order valence-electron chi connectivity index (χ0n) is 12.8. The van der Waals surface area contributed by atoms with Crippen molar-refractivity contribution in [3.63, 3.8) is 0 Å². The number of hydrogen-bond acceptors (Lipinski definition) is 4. The maximum absolute atomic E-state index is 12.7. The molecule has 0 bridgehead atoms. The van der Waals surface area contributed by atoms with Gasteiger partial charge in [0.1, 0.15) is 0 Å². The monoisotopic (exact) mass is 347 g/mol. The largest absolute Gasteiger partial charge is 0.480 e. The Morgan fingerprint density at radius 3 is 2.42 bits per heavy atom. The van der Waals surface area contributed by atoms with E-state index in [1.165, 1.54) is 12.1 Å². The van der Waals surface area contributed by atoms with E-state index in [0.717, 1.165) is 11.1 Å². The van der Waals surface area contributed by atoms with Gasteiger partial charge in [0.15, 0.2) is 5.54 Å². The lowest BCUT2D eigenvalue weighted by molar-refractivity contribution is -0.144. The standard InChI is InChI=1S/C17H17NO5S/c19-16(20)17(9-10-23-12-17)18-24(21,22)15-8-4-7-14(11-15)13-5-2-1-3-6-13/h1-8,11,18H,9-10,12H2,(H,19,20). The maximum Gasteiger partial charge on any atom is 0.327 e. The van der Waals surface area contributed by atoms with Crippen LogP contribution < -0.4 is 4.72 Å². The van der Waals surface area contributed by atoms with E-state index in [0.29, 0.717) is 0 Å². The number of rotatable bonds is 5. The topological polar surface area (TPSA) is 92.7 Å². The Morgan fingerprint density at radius 1 is 1.08 bits per heavy atom. The summed E-state index contributed by atoms with van der Waals surface area (Å²) in [5, 5.41) is 9.40. The molecule has 2 aromatic carbocycles. The predicted molar refractivity (Wildman–Crippen MR) is 88.0 cm³/mol. The number of carbonyl (C=O) groups is 1. The molecule has 2 N–H and O–H groups in total. The van der Waals surface area contributed by atoms with Crippen LogP contribution in [0, 0.1) is 0 Å². The van der Waals surface area contributed by atoms with Crippen LogP contribution >= 0.6 is 0 Å². The van der Waals surface area contributed by atoms with Crippen molar-refractivity contribution in [1.29, 1.82) is 0 Å². The van der Waals surface area contributed by atoms with Crippen LogP contribution in [0.5, 0.6) is 0 Å². The number of aliphatic carboxylic acids is 1. The molecule has 0 spiro atoms. The Balaban J connectivity index is 1.94. The zero-order valence-corrected chi connectivity index (χ0v) is 13.6. The van der Waals surface area contributed by atoms with Crippen LogP contribution in [0.15, 0.2) is 59.5 Å². The van der Waals surface area contributed by atoms with E-state index >= 15 is 0 Å². The number of benzene rings is 2. The highest BCUT2D eigenvalue weighted by Gasteiger charge is 2.46. The zero-order chi connectivity index (χ0) is 17.2. The Labute approximate surface area is 140 Å². The number of carboxylic acid groups (broad SMARTS) is 1. The van der Waals surface area contributed by atoms with E-state index in [2.05, 4.69) is 4.72 Å². The van der Waals surface area contributed by atoms with Crippen molar-refractivity contribution in [2.45, 2.75) is 16.9 Å². The van der Waals surface area contributed by atoms with E-state index in [1.54, 1.807) is 12.1 Å². The molecule has 1 fully saturated rings. The molecule has 3 rings (SSSR count). The summed E-state index contributed by atoms with van der Waals surface area (Å²) in [6.45, 7) is 0.0266. The first-order valence-corrected chi connectivity index (χ1v) is 8.92. The maximum atomic E-state index is 12.7. The van der Waals surface area contributed by atoms with Gasteiger partial charge in [0, 0.05) is 13.0 Å². The fourth-order valence-corrected chi connectivity index (χ4v) is 4.07. The second-order valence-electron chi connectivity index (χ2n) is 5.69. The molecule has 2 aromatic rings. The summed E-state index contributed by atoms with van der Waals surface area (Å²) in [6.07, 6.45) is 0.0972. The quantitative estimate of drug-likeness (QED) is 0.861. The molecule has 0 aliphatic carbocycles. The van der Waals surface area contributed by atoms with Crippen molar-refractivity contribution in [3.05, 3.63) is 54.6 Å². The fourth-order valence-electron chi connectivity index (χ4n) is 2.65. The molecule has 1 aliphatic rings. The first-order valence-electron chi connectivity index (χ1n) is 7.44. The molecule has 1 unspecified atom stereocenters. The number of nitrogens with one attached hydrogen (secondary N) is 1. The van der Waals surface area contributed by atoms with Gasteiger partial charge >= 0.3 is 5.97 Å². The average Bonchev–Trinajstić information content (AvgIpc) is 3.05. The van der Waals surface area contributed by atoms with Gasteiger partial charge in [-0.15, -0.1) is 0 Å². The van der Waals surface area contributed by atoms with Gasteiger partial charge in [-0.1, -0.05) is 42.5 Å². The third kappa shape index (κ3) is 3.19. The molecule has 0 aromatic heterocycles. The molecule has 7 heteroatoms. The highest BCUT2D eigenvalue weighted by molar-refractivity contribution is 7.89. The molecule has 1 heterocycles. The van der Waals surface area contributed by atoms with E-state index in [-0.39, 0.29) is 24.5 Å². The first kappa shape index (κ1) is 16.6. The van der Waals surface area contributed by atoms with Gasteiger partial charge in [-0.25, -0.2) is 8.42 Å². The molecule has 0 amide bonds. The summed E-state index contributed by atoms with van der Waals surface area (Å²) in [5.74, 6) is -1.23. The lowest BCUT2D eigenvalue weighted by Crippen LogP contribution is -2.54. The summed E-state index contributed by atoms with van der Waals surface area (Å²) in [7, 11) is -3.99. The van der Waals surface area contributed by atoms with Crippen LogP contribution in [-0.2, 0) is 19.6 Å². The molecule has 1 saturated heterocycles. The van der Waals surface area contributed by atoms with Crippen LogP contribution in [0.25, 0.3) is 11.1 Å². The lowest BCUT2D eigenvalue weighted by atomic mass is 10.0. The molecule has 126 valence electrons. The third-order valence-electron chi connectivity index (χ3n) is 4.01. The summed E-state index contributed by atoms with van der Waals surface area (Å²) < 4.78 is 32.7. The number of hydrogen-bond donors (Lipinski definition) is 2. The van der Waals surface area contributed by atoms with Crippen LogP contribution in [0.1, 0.15) is 6.42 Å². The van der Waals surface area contributed by atoms with E-state index in [1.807, 2.05) is 30.3 Å². The van der Waals surface area contributed by atoms with Crippen molar-refractivity contribution in [3.8, 4) is 11.1 Å². The number of carboxylic acids is 1. The fraction of sp³-hybridized carbons (Fsp3) is 0.235. The molecule has 24 heavy (non-hydrogen) atoms. The minimum absolute atomic E-state index is 0.0244. The van der Waals surface area contributed by atoms with E-state index in [9.17, 15) is 18.3 Å². The average molecular weight is 347 g/mol. The van der Waals surface area contributed by atoms with Crippen molar-refractivity contribution in [1.82, 2.24) is 4.72 Å². The lowest BCUT2D eigenvalue weighted by Gasteiger charge is -2.23. The van der Waals surface area contributed by atoms with Gasteiger partial charge in [-0.2, -0.15) is 4.72 Å². The van der Waals surface area contributed by atoms with Gasteiger partial charge in [0.25, 0.3) is 0 Å². The molecule has 1 atom stereocenters. The Hall–Kier alpha value is -2.22. The van der Waals surface area contributed by atoms with Gasteiger partial charge in [0.05, 0.1) is 11.5 Å². The highest BCUT2D eigenvalue weighted by Crippen LogP contribution is 2.25. The summed E-state index contributed by atoms with van der Waals surface area (Å²) in [4.78, 5) is 11.5. The van der Waals surface area contributed by atoms with Crippen molar-refractivity contribution in [2.24, 2.45) is 0 Å². The van der Waals surface area contributed by atoms with Crippen LogP contribution in [0.4, 0.5) is 0 Å². The highest BCUT2D eigenvalue weighted by atomic mass is 32.2. The SMILES string of the molecule is O=C(O)C1(NS(=O)(=O)c2cccc(-c3ccccc3)c2)CCOC1. The molecule has 6 nitrogen and oxygen atoms in total. The normalized spacial score (nSPS) is 20.8. The third-order valence-corrected chi connectivity index (χ3v) is 5.55. The van der Waals surface area contributed by atoms with Crippen LogP contribution in [0.2, 0.25) is 0 Å². The summed E-state index contributed by atoms with van der Waals surface area (Å²) >= 11 is 0. The first-order chi connectivity index (χ1) is 11.4. The van der Waals surface area contributed by atoms with E-state index < -0.39 is 21.5 Å². The Morgan fingerprint density at radius 2 is 1.79 bits per heavy atom. The van der Waals surface area contributed by atoms with Crippen LogP contribution in [0.3, 0.4) is 0 Å². The Kier molecular flexibility index (Phi) is 4.40. The summed E-state index contributed by atoms with van der Waals surface area (Å²) in [6, 6.07) is 15.8. The predicted octanol–water partition coefficient (Wildman–Crippen LogP) is 1.88. The van der Waals surface area contributed by atoms with Crippen LogP contribution in [-0.4, -0.2) is 38.2 Å². The van der Waals surface area contributed by atoms with Crippen molar-refractivity contribution in [2.75, 3.05) is 13.2 Å². The second-order valence-corrected chi connectivity index (χ2v) is 7.37. The molecule has 0 saturated carbocycles. The molecule has 0 radical (unpaired) electrons. The van der Waals surface area contributed by atoms with E-state index in [4.69, 9.17) is 4.74 Å². The summed E-state index contributed by atoms with van der Waals surface area (Å²) in [5.41, 5.74) is 0.0129. The van der Waals surface area contributed by atoms with Gasteiger partial charge in [-0.3, -0.25) is 4.79 Å². The minimum atomic E-state index is -3.99. The number of ether oxygens (including phenoxy) is 1. The van der Waals surface area contributed by atoms with Gasteiger partial charge in [-0.05, 0) is 23.3 Å². The second kappa shape index (κ2) is 6.35. The molecular weight excluding hydrogens is 330 g/mol. The minimum Gasteiger partial charge on any atom is -0.480 e. The van der Waals surface area contributed by atoms with Crippen molar-refractivity contribution >= 4 is 16.0 Å². The molecular formula is C17H17NO5S. The van der Waals surface area contributed by atoms with Crippen molar-refractivity contribution < 1.29 is 23.1 Å². The van der Waals surface area contributed by atoms with Gasteiger partial charge < -0.3 is 9.84 Å². The number of sulfonamides is 1. The smallest absolute Gasteiger partial charge is 0.327 e. The Bertz CT molecular complexity index is 842.